The number of hydrogen-bond donors (Lipinski definition) is 5. The average molecular weight is 667 g/mol. The van der Waals surface area contributed by atoms with E-state index in [0.29, 0.717) is 26.3 Å². The highest BCUT2D eigenvalue weighted by molar-refractivity contribution is 6.38. The lowest BCUT2D eigenvalue weighted by molar-refractivity contribution is -0.140. The van der Waals surface area contributed by atoms with Crippen molar-refractivity contribution in [3.05, 3.63) is 108 Å². The molecule has 12 heteroatoms. The molecule has 1 aromatic heterocycles. The van der Waals surface area contributed by atoms with Crippen molar-refractivity contribution in [1.82, 2.24) is 31.2 Å². The van der Waals surface area contributed by atoms with Gasteiger partial charge >= 0.3 is 0 Å². The minimum absolute atomic E-state index is 0.0614. The van der Waals surface area contributed by atoms with E-state index in [1.54, 1.807) is 25.3 Å². The maximum Gasteiger partial charge on any atom is 0.289 e. The van der Waals surface area contributed by atoms with Crippen LogP contribution in [0.2, 0.25) is 0 Å². The van der Waals surface area contributed by atoms with Crippen molar-refractivity contribution in [3.63, 3.8) is 0 Å². The van der Waals surface area contributed by atoms with Gasteiger partial charge < -0.3 is 31.0 Å². The molecule has 5 rings (SSSR count). The largest absolute Gasteiger partial charge is 0.379 e. The molecule has 12 nitrogen and oxygen atoms in total. The van der Waals surface area contributed by atoms with Gasteiger partial charge in [-0.2, -0.15) is 0 Å². The number of rotatable bonds is 15. The van der Waals surface area contributed by atoms with Crippen molar-refractivity contribution in [2.24, 2.45) is 0 Å². The number of para-hydroxylation sites is 1. The number of hydrogen-bond acceptors (Lipinski definition) is 7. The lowest BCUT2D eigenvalue weighted by atomic mass is 9.99. The first kappa shape index (κ1) is 35.0. The fourth-order valence-corrected chi connectivity index (χ4v) is 5.70. The van der Waals surface area contributed by atoms with Gasteiger partial charge in [0.2, 0.25) is 23.5 Å². The van der Waals surface area contributed by atoms with Gasteiger partial charge in [-0.15, -0.1) is 0 Å². The van der Waals surface area contributed by atoms with Gasteiger partial charge in [0.05, 0.1) is 19.8 Å². The molecule has 1 saturated heterocycles. The van der Waals surface area contributed by atoms with E-state index in [1.165, 1.54) is 0 Å². The number of morpholine rings is 1. The number of aromatic nitrogens is 1. The van der Waals surface area contributed by atoms with Crippen LogP contribution in [0.5, 0.6) is 0 Å². The van der Waals surface area contributed by atoms with E-state index < -0.39 is 41.6 Å². The number of nitrogens with one attached hydrogen (secondary N) is 5. The molecule has 0 radical (unpaired) electrons. The zero-order chi connectivity index (χ0) is 34.6. The van der Waals surface area contributed by atoms with Crippen molar-refractivity contribution in [2.75, 3.05) is 32.8 Å². The number of carbonyl (C=O) groups is 5. The van der Waals surface area contributed by atoms with Crippen LogP contribution in [0.4, 0.5) is 0 Å². The molecule has 0 aliphatic carbocycles. The number of benzene rings is 3. The Hall–Kier alpha value is -5.33. The smallest absolute Gasteiger partial charge is 0.289 e. The molecule has 2 heterocycles. The Morgan fingerprint density at radius 3 is 2.10 bits per heavy atom. The van der Waals surface area contributed by atoms with Crippen LogP contribution >= 0.6 is 0 Å². The summed E-state index contributed by atoms with van der Waals surface area (Å²) >= 11 is 0. The van der Waals surface area contributed by atoms with Crippen molar-refractivity contribution in [1.29, 1.82) is 0 Å². The predicted octanol–water partition coefficient (Wildman–Crippen LogP) is 1.65. The first-order chi connectivity index (χ1) is 23.8. The molecule has 1 aliphatic heterocycles. The Morgan fingerprint density at radius 1 is 0.755 bits per heavy atom. The van der Waals surface area contributed by atoms with Crippen molar-refractivity contribution < 1.29 is 28.7 Å². The molecule has 256 valence electrons. The quantitative estimate of drug-likeness (QED) is 0.121. The van der Waals surface area contributed by atoms with E-state index in [2.05, 4.69) is 26.3 Å². The normalized spacial score (nSPS) is 15.0. The Balaban J connectivity index is 1.32. The molecule has 3 unspecified atom stereocenters. The van der Waals surface area contributed by atoms with Gasteiger partial charge in [0.1, 0.15) is 18.1 Å². The van der Waals surface area contributed by atoms with Crippen molar-refractivity contribution in [2.45, 2.75) is 44.4 Å². The van der Waals surface area contributed by atoms with Gasteiger partial charge in [-0.05, 0) is 29.7 Å². The number of nitrogens with zero attached hydrogens (tertiary/aromatic N) is 1. The maximum atomic E-state index is 14.0. The number of ether oxygens (including phenoxy) is 1. The molecule has 1 fully saturated rings. The first-order valence-electron chi connectivity index (χ1n) is 16.4. The van der Waals surface area contributed by atoms with E-state index in [0.717, 1.165) is 27.6 Å². The van der Waals surface area contributed by atoms with Gasteiger partial charge in [-0.3, -0.25) is 28.9 Å². The third-order valence-electron chi connectivity index (χ3n) is 8.41. The lowest BCUT2D eigenvalue weighted by Gasteiger charge is -2.27. The number of aromatic amines is 1. The maximum absolute atomic E-state index is 14.0. The number of fused-ring (bicyclic) bond motifs is 1. The standard InChI is InChI=1S/C37H42N6O6/c1-25(40-33(44)24-43-16-18-49-19-17-43)35(46)42-32(21-28-23-38-30-15-9-8-14-29(28)30)36(47)41-31(20-26-10-4-2-5-11-26)34(45)37(48)39-22-27-12-6-3-7-13-27/h2-15,23,25,31-32,38H,16-22,24H2,1H3,(H,39,48)(H,40,44)(H,41,47)(H,42,46). The van der Waals surface area contributed by atoms with Gasteiger partial charge in [0.25, 0.3) is 5.91 Å². The second kappa shape index (κ2) is 17.2. The van der Waals surface area contributed by atoms with Crippen LogP contribution in [-0.2, 0) is 48.1 Å². The minimum Gasteiger partial charge on any atom is -0.379 e. The highest BCUT2D eigenvalue weighted by atomic mass is 16.5. The number of carbonyl (C=O) groups excluding carboxylic acids is 5. The van der Waals surface area contributed by atoms with E-state index >= 15 is 0 Å². The molecule has 0 spiro atoms. The number of ketones is 1. The molecule has 0 saturated carbocycles. The Labute approximate surface area is 285 Å². The fraction of sp³-hybridized carbons (Fsp3) is 0.324. The third-order valence-corrected chi connectivity index (χ3v) is 8.41. The summed E-state index contributed by atoms with van der Waals surface area (Å²) in [7, 11) is 0. The van der Waals surface area contributed by atoms with Crippen LogP contribution in [-0.4, -0.2) is 90.3 Å². The molecule has 3 aromatic carbocycles. The van der Waals surface area contributed by atoms with Gasteiger partial charge in [-0.25, -0.2) is 0 Å². The summed E-state index contributed by atoms with van der Waals surface area (Å²) in [5.41, 5.74) is 3.19. The van der Waals surface area contributed by atoms with Crippen LogP contribution in [0.3, 0.4) is 0 Å². The summed E-state index contributed by atoms with van der Waals surface area (Å²) in [6.07, 6.45) is 1.92. The number of amides is 4. The van der Waals surface area contributed by atoms with Crippen LogP contribution in [0.15, 0.2) is 91.1 Å². The minimum atomic E-state index is -1.21. The van der Waals surface area contributed by atoms with Crippen molar-refractivity contribution in [3.8, 4) is 0 Å². The van der Waals surface area contributed by atoms with Gasteiger partial charge in [-0.1, -0.05) is 78.9 Å². The van der Waals surface area contributed by atoms with E-state index in [-0.39, 0.29) is 31.8 Å². The monoisotopic (exact) mass is 666 g/mol. The zero-order valence-corrected chi connectivity index (χ0v) is 27.4. The second-order valence-corrected chi connectivity index (χ2v) is 12.1. The molecule has 3 atom stereocenters. The number of H-pyrrole nitrogens is 1. The number of Topliss-reactive ketones (excluding diaryl/α,β-unsaturated/α-hetero) is 1. The summed E-state index contributed by atoms with van der Waals surface area (Å²) < 4.78 is 5.33. The fourth-order valence-electron chi connectivity index (χ4n) is 5.70. The zero-order valence-electron chi connectivity index (χ0n) is 27.4. The first-order valence-corrected chi connectivity index (χ1v) is 16.4. The summed E-state index contributed by atoms with van der Waals surface area (Å²) in [5, 5.41) is 11.8. The topological polar surface area (TPSA) is 162 Å². The molecular formula is C37H42N6O6. The van der Waals surface area contributed by atoms with Crippen molar-refractivity contribution >= 4 is 40.3 Å². The highest BCUT2D eigenvalue weighted by Crippen LogP contribution is 2.19. The third kappa shape index (κ3) is 10.1. The Bertz CT molecular complexity index is 1740. The van der Waals surface area contributed by atoms with E-state index in [4.69, 9.17) is 4.74 Å². The summed E-state index contributed by atoms with van der Waals surface area (Å²) in [6, 6.07) is 22.5. The molecule has 5 N–H and O–H groups in total. The summed E-state index contributed by atoms with van der Waals surface area (Å²) in [5.74, 6) is -3.18. The lowest BCUT2D eigenvalue weighted by Crippen LogP contribution is -2.57. The predicted molar refractivity (Wildman–Crippen MR) is 184 cm³/mol. The molecule has 4 amide bonds. The van der Waals surface area contributed by atoms with Crippen LogP contribution in [0.1, 0.15) is 23.6 Å². The highest BCUT2D eigenvalue weighted by Gasteiger charge is 2.32. The van der Waals surface area contributed by atoms with Crippen LogP contribution < -0.4 is 21.3 Å². The Morgan fingerprint density at radius 2 is 1.39 bits per heavy atom. The second-order valence-electron chi connectivity index (χ2n) is 12.1. The summed E-state index contributed by atoms with van der Waals surface area (Å²) in [4.78, 5) is 71.9. The SMILES string of the molecule is CC(NC(=O)CN1CCOCC1)C(=O)NC(Cc1c[nH]c2ccccc12)C(=O)NC(Cc1ccccc1)C(=O)C(=O)NCc1ccccc1. The van der Waals surface area contributed by atoms with E-state index in [9.17, 15) is 24.0 Å². The van der Waals surface area contributed by atoms with Gasteiger partial charge in [0, 0.05) is 49.6 Å². The molecule has 0 bridgehead atoms. The van der Waals surface area contributed by atoms with Gasteiger partial charge in [0.15, 0.2) is 0 Å². The summed E-state index contributed by atoms with van der Waals surface area (Å²) in [6.45, 7) is 4.13. The average Bonchev–Trinajstić information content (AvgIpc) is 3.53. The Kier molecular flexibility index (Phi) is 12.3. The molecular weight excluding hydrogens is 624 g/mol. The van der Waals surface area contributed by atoms with Crippen LogP contribution in [0.25, 0.3) is 10.9 Å². The van der Waals surface area contributed by atoms with E-state index in [1.807, 2.05) is 77.7 Å². The molecule has 4 aromatic rings. The molecule has 1 aliphatic rings. The molecule has 49 heavy (non-hydrogen) atoms. The van der Waals surface area contributed by atoms with Crippen LogP contribution in [0, 0.1) is 0 Å².